The van der Waals surface area contributed by atoms with Gasteiger partial charge in [-0.05, 0) is 48.0 Å². The molecule has 8 nitrogen and oxygen atoms in total. The van der Waals surface area contributed by atoms with Gasteiger partial charge in [0.05, 0.1) is 23.6 Å². The first-order valence-corrected chi connectivity index (χ1v) is 11.8. The van der Waals surface area contributed by atoms with E-state index in [0.29, 0.717) is 57.9 Å². The highest BCUT2D eigenvalue weighted by Gasteiger charge is 2.39. The van der Waals surface area contributed by atoms with Gasteiger partial charge in [-0.3, -0.25) is 14.4 Å². The van der Waals surface area contributed by atoms with Crippen LogP contribution in [0.15, 0.2) is 75.8 Å². The van der Waals surface area contributed by atoms with Crippen LogP contribution in [0.25, 0.3) is 17.0 Å². The van der Waals surface area contributed by atoms with Gasteiger partial charge in [-0.25, -0.2) is 0 Å². The van der Waals surface area contributed by atoms with Crippen molar-refractivity contribution in [1.29, 1.82) is 0 Å². The Kier molecular flexibility index (Phi) is 4.69. The van der Waals surface area contributed by atoms with E-state index in [4.69, 9.17) is 23.4 Å². The van der Waals surface area contributed by atoms with Crippen molar-refractivity contribution in [2.24, 2.45) is 0 Å². The Balaban J connectivity index is 1.33. The fourth-order valence-corrected chi connectivity index (χ4v) is 5.01. The molecule has 4 heterocycles. The lowest BCUT2D eigenvalue weighted by atomic mass is 9.85. The molecule has 3 aliphatic heterocycles. The first-order chi connectivity index (χ1) is 18.1. The van der Waals surface area contributed by atoms with Crippen LogP contribution < -0.4 is 24.4 Å². The molecule has 0 aliphatic carbocycles. The monoisotopic (exact) mass is 494 g/mol. The van der Waals surface area contributed by atoms with Crippen LogP contribution in [-0.4, -0.2) is 25.0 Å². The molecule has 8 heteroatoms. The topological polar surface area (TPSA) is 101 Å². The van der Waals surface area contributed by atoms with Crippen molar-refractivity contribution in [2.75, 3.05) is 13.2 Å². The number of rotatable bonds is 2. The quantitative estimate of drug-likeness (QED) is 0.226. The largest absolute Gasteiger partial charge is 0.486 e. The summed E-state index contributed by atoms with van der Waals surface area (Å²) in [5.74, 6) is 0.376. The standard InChI is InChI=1S/C29H18O8/c30-25-13-18(19-14-35-20-4-2-1-3-16(20)27(19)31)26-22(36-25)8-6-17-28(32)24(37-29(17)26)12-15-5-7-21-23(11-15)34-10-9-33-21/h1-8,11-12,14,18H,9-10,13H2/b24-12-/t18-/m1/s1. The zero-order chi connectivity index (χ0) is 25.1. The van der Waals surface area contributed by atoms with Gasteiger partial charge in [-0.15, -0.1) is 0 Å². The van der Waals surface area contributed by atoms with Gasteiger partial charge in [0.2, 0.25) is 5.78 Å². The number of fused-ring (bicyclic) bond motifs is 5. The molecule has 37 heavy (non-hydrogen) atoms. The number of carbonyl (C=O) groups excluding carboxylic acids is 2. The van der Waals surface area contributed by atoms with Crippen LogP contribution in [0.4, 0.5) is 0 Å². The molecule has 0 saturated heterocycles. The van der Waals surface area contributed by atoms with Gasteiger partial charge in [0, 0.05) is 17.0 Å². The van der Waals surface area contributed by atoms with Crippen LogP contribution >= 0.6 is 0 Å². The van der Waals surface area contributed by atoms with E-state index < -0.39 is 11.9 Å². The number of ether oxygens (including phenoxy) is 4. The first-order valence-electron chi connectivity index (χ1n) is 11.8. The van der Waals surface area contributed by atoms with Gasteiger partial charge in [-0.1, -0.05) is 18.2 Å². The molecule has 3 aliphatic rings. The van der Waals surface area contributed by atoms with Crippen molar-refractivity contribution >= 4 is 28.8 Å². The Morgan fingerprint density at radius 1 is 0.838 bits per heavy atom. The fourth-order valence-electron chi connectivity index (χ4n) is 5.01. The SMILES string of the molecule is O=C1C[C@H](c2coc3ccccc3c2=O)c2c(ccc3c2O/C(=C\c2ccc4c(c2)OCCO4)C3=O)O1. The first kappa shape index (κ1) is 21.4. The molecule has 0 spiro atoms. The van der Waals surface area contributed by atoms with Crippen LogP contribution in [0.2, 0.25) is 0 Å². The molecule has 0 saturated carbocycles. The van der Waals surface area contributed by atoms with Crippen LogP contribution in [0.3, 0.4) is 0 Å². The molecule has 1 atom stereocenters. The molecule has 182 valence electrons. The summed E-state index contributed by atoms with van der Waals surface area (Å²) in [4.78, 5) is 39.1. The summed E-state index contributed by atoms with van der Waals surface area (Å²) in [6.07, 6.45) is 2.91. The second kappa shape index (κ2) is 8.09. The molecule has 7 rings (SSSR count). The van der Waals surface area contributed by atoms with E-state index in [-0.39, 0.29) is 34.9 Å². The summed E-state index contributed by atoms with van der Waals surface area (Å²) >= 11 is 0. The van der Waals surface area contributed by atoms with Gasteiger partial charge in [-0.2, -0.15) is 0 Å². The van der Waals surface area contributed by atoms with Crippen molar-refractivity contribution < 1.29 is 33.0 Å². The summed E-state index contributed by atoms with van der Waals surface area (Å²) in [6, 6.07) is 15.4. The number of esters is 1. The Morgan fingerprint density at radius 2 is 1.65 bits per heavy atom. The molecule has 0 N–H and O–H groups in total. The van der Waals surface area contributed by atoms with E-state index in [9.17, 15) is 14.4 Å². The van der Waals surface area contributed by atoms with Crippen molar-refractivity contribution in [2.45, 2.75) is 12.3 Å². The Labute approximate surface area is 209 Å². The minimum Gasteiger partial charge on any atom is -0.486 e. The molecule has 0 fully saturated rings. The minimum atomic E-state index is -0.700. The summed E-state index contributed by atoms with van der Waals surface area (Å²) in [6.45, 7) is 0.930. The molecule has 0 amide bonds. The van der Waals surface area contributed by atoms with Gasteiger partial charge >= 0.3 is 5.97 Å². The maximum absolute atomic E-state index is 13.4. The number of carbonyl (C=O) groups is 2. The van der Waals surface area contributed by atoms with E-state index >= 15 is 0 Å². The highest BCUT2D eigenvalue weighted by molar-refractivity contribution is 6.15. The number of ketones is 1. The Morgan fingerprint density at radius 3 is 2.54 bits per heavy atom. The number of hydrogen-bond acceptors (Lipinski definition) is 8. The molecule has 0 bridgehead atoms. The number of Topliss-reactive ketones (excluding diaryl/α,β-unsaturated/α-hetero) is 1. The summed E-state index contributed by atoms with van der Waals surface area (Å²) in [5, 5.41) is 0.407. The van der Waals surface area contributed by atoms with E-state index in [0.717, 1.165) is 0 Å². The maximum atomic E-state index is 13.4. The Bertz CT molecular complexity index is 1730. The van der Waals surface area contributed by atoms with E-state index in [2.05, 4.69) is 0 Å². The average molecular weight is 494 g/mol. The molecule has 0 radical (unpaired) electrons. The third-order valence-corrected chi connectivity index (χ3v) is 6.73. The Hall–Kier alpha value is -4.85. The predicted molar refractivity (Wildman–Crippen MR) is 131 cm³/mol. The van der Waals surface area contributed by atoms with E-state index in [1.807, 2.05) is 0 Å². The van der Waals surface area contributed by atoms with E-state index in [1.165, 1.54) is 6.26 Å². The smallest absolute Gasteiger partial charge is 0.312 e. The number of para-hydroxylation sites is 1. The highest BCUT2D eigenvalue weighted by atomic mass is 16.6. The van der Waals surface area contributed by atoms with Crippen molar-refractivity contribution in [3.8, 4) is 23.0 Å². The van der Waals surface area contributed by atoms with Gasteiger partial charge in [0.25, 0.3) is 0 Å². The minimum absolute atomic E-state index is 0.0920. The number of hydrogen-bond donors (Lipinski definition) is 0. The van der Waals surface area contributed by atoms with Gasteiger partial charge < -0.3 is 23.4 Å². The second-order valence-electron chi connectivity index (χ2n) is 8.94. The third-order valence-electron chi connectivity index (χ3n) is 6.73. The lowest BCUT2D eigenvalue weighted by molar-refractivity contribution is -0.135. The van der Waals surface area contributed by atoms with Crippen molar-refractivity contribution in [3.05, 3.63) is 99.1 Å². The molecule has 3 aromatic carbocycles. The van der Waals surface area contributed by atoms with Crippen molar-refractivity contribution in [3.63, 3.8) is 0 Å². The van der Waals surface area contributed by atoms with Gasteiger partial charge in [0.1, 0.15) is 30.3 Å². The summed E-state index contributed by atoms with van der Waals surface area (Å²) < 4.78 is 28.5. The molecular weight excluding hydrogens is 476 g/mol. The van der Waals surface area contributed by atoms with Crippen LogP contribution in [0, 0.1) is 0 Å². The second-order valence-corrected chi connectivity index (χ2v) is 8.94. The van der Waals surface area contributed by atoms with Crippen LogP contribution in [0.1, 0.15) is 39.4 Å². The predicted octanol–water partition coefficient (Wildman–Crippen LogP) is 4.62. The van der Waals surface area contributed by atoms with Crippen molar-refractivity contribution in [1.82, 2.24) is 0 Å². The number of benzene rings is 3. The van der Waals surface area contributed by atoms with Crippen LogP contribution in [0.5, 0.6) is 23.0 Å². The zero-order valence-electron chi connectivity index (χ0n) is 19.3. The zero-order valence-corrected chi connectivity index (χ0v) is 19.3. The van der Waals surface area contributed by atoms with Crippen LogP contribution in [-0.2, 0) is 4.79 Å². The number of allylic oxidation sites excluding steroid dienone is 1. The van der Waals surface area contributed by atoms with Gasteiger partial charge in [0.15, 0.2) is 22.7 Å². The van der Waals surface area contributed by atoms with E-state index in [1.54, 1.807) is 60.7 Å². The molecule has 0 unspecified atom stereocenters. The highest BCUT2D eigenvalue weighted by Crippen LogP contribution is 2.48. The normalized spacial score (nSPS) is 18.8. The molecule has 1 aromatic heterocycles. The molecular formula is C29H18O8. The third kappa shape index (κ3) is 3.41. The average Bonchev–Trinajstić information content (AvgIpc) is 3.23. The summed E-state index contributed by atoms with van der Waals surface area (Å²) in [5.41, 5.74) is 2.00. The lowest BCUT2D eigenvalue weighted by Gasteiger charge is -2.25. The summed E-state index contributed by atoms with van der Waals surface area (Å²) in [7, 11) is 0. The molecule has 4 aromatic rings. The lowest BCUT2D eigenvalue weighted by Crippen LogP contribution is -2.25. The fraction of sp³-hybridized carbons (Fsp3) is 0.138. The maximum Gasteiger partial charge on any atom is 0.312 e.